The maximum absolute atomic E-state index is 17.6. The van der Waals surface area contributed by atoms with Crippen LogP contribution in [-0.4, -0.2) is 167 Å². The second-order valence-electron chi connectivity index (χ2n) is 26.6. The number of halogens is 2. The zero-order valence-corrected chi connectivity index (χ0v) is 53.0. The molecule has 88 heavy (non-hydrogen) atoms. The Kier molecular flexibility index (Phi) is 19.0. The van der Waals surface area contributed by atoms with Crippen LogP contribution in [0.25, 0.3) is 43.2 Å². The van der Waals surface area contributed by atoms with Gasteiger partial charge >= 0.3 is 12.1 Å². The predicted molar refractivity (Wildman–Crippen MR) is 333 cm³/mol. The Hall–Kier alpha value is -7.11. The minimum Gasteiger partial charge on any atom is -0.468 e. The summed E-state index contributed by atoms with van der Waals surface area (Å²) in [6, 6.07) is 17.7. The van der Waals surface area contributed by atoms with Crippen LogP contribution in [0.4, 0.5) is 19.4 Å². The number of amides is 4. The van der Waals surface area contributed by atoms with E-state index in [1.165, 1.54) is 18.1 Å². The number of piperazine rings is 1. The molecule has 0 unspecified atom stereocenters. The van der Waals surface area contributed by atoms with E-state index in [4.69, 9.17) is 33.7 Å². The van der Waals surface area contributed by atoms with Crippen molar-refractivity contribution in [1.29, 1.82) is 0 Å². The van der Waals surface area contributed by atoms with Gasteiger partial charge in [-0.3, -0.25) is 19.3 Å². The molecule has 3 saturated heterocycles. The summed E-state index contributed by atoms with van der Waals surface area (Å²) < 4.78 is 63.8. The molecule has 1 aliphatic carbocycles. The highest BCUT2D eigenvalue weighted by atomic mass is 32.1. The maximum Gasteiger partial charge on any atom is 0.411 e. The van der Waals surface area contributed by atoms with Gasteiger partial charge in [-0.05, 0) is 125 Å². The summed E-state index contributed by atoms with van der Waals surface area (Å²) in [7, 11) is 3.52. The molecule has 22 heteroatoms. The third kappa shape index (κ3) is 14.5. The molecular formula is C66H83F2N9O10S. The Morgan fingerprint density at radius 3 is 2.40 bits per heavy atom. The van der Waals surface area contributed by atoms with Gasteiger partial charge in [0.2, 0.25) is 17.7 Å². The van der Waals surface area contributed by atoms with Gasteiger partial charge in [0.1, 0.15) is 40.6 Å². The number of thiazole rings is 1. The first-order valence-electron chi connectivity index (χ1n) is 30.4. The highest BCUT2D eigenvalue weighted by molar-refractivity contribution is 7.13. The largest absolute Gasteiger partial charge is 0.468 e. The van der Waals surface area contributed by atoms with Crippen LogP contribution in [0.3, 0.4) is 0 Å². The van der Waals surface area contributed by atoms with Gasteiger partial charge in [0.25, 0.3) is 0 Å². The van der Waals surface area contributed by atoms with Crippen molar-refractivity contribution in [3.05, 3.63) is 95.1 Å². The number of carbonyl (C=O) groups excluding carboxylic acids is 4. The molecule has 10 rings (SSSR count). The number of aromatic nitrogens is 3. The van der Waals surface area contributed by atoms with E-state index in [1.807, 2.05) is 126 Å². The number of nitrogens with zero attached hydrogens (tertiary/aromatic N) is 7. The van der Waals surface area contributed by atoms with E-state index in [-0.39, 0.29) is 97.2 Å². The summed E-state index contributed by atoms with van der Waals surface area (Å²) in [6.45, 7) is 18.0. The van der Waals surface area contributed by atoms with E-state index in [2.05, 4.69) is 20.5 Å². The van der Waals surface area contributed by atoms with E-state index >= 15 is 8.78 Å². The highest BCUT2D eigenvalue weighted by Crippen LogP contribution is 2.48. The fourth-order valence-electron chi connectivity index (χ4n) is 12.6. The third-order valence-electron chi connectivity index (χ3n) is 17.2. The molecule has 0 radical (unpaired) electrons. The van der Waals surface area contributed by atoms with Crippen molar-refractivity contribution in [2.75, 3.05) is 78.4 Å². The average Bonchev–Trinajstić information content (AvgIpc) is 1.23. The summed E-state index contributed by atoms with van der Waals surface area (Å²) >= 11 is 1.57. The first kappa shape index (κ1) is 63.9. The fourth-order valence-corrected chi connectivity index (χ4v) is 13.4. The highest BCUT2D eigenvalue weighted by Gasteiger charge is 2.53. The van der Waals surface area contributed by atoms with Crippen molar-refractivity contribution in [2.24, 2.45) is 10.8 Å². The number of aryl methyl sites for hydroxylation is 1. The minimum absolute atomic E-state index is 0.0128. The molecule has 4 amide bonds. The molecule has 19 nitrogen and oxygen atoms in total. The summed E-state index contributed by atoms with van der Waals surface area (Å²) in [5.74, 6) is -2.18. The summed E-state index contributed by atoms with van der Waals surface area (Å²) in [5.41, 5.74) is 2.29. The molecule has 4 aliphatic rings. The molecule has 6 aromatic rings. The smallest absolute Gasteiger partial charge is 0.411 e. The molecule has 5 atom stereocenters. The van der Waals surface area contributed by atoms with Crippen molar-refractivity contribution in [1.82, 2.24) is 40.3 Å². The Bertz CT molecular complexity index is 3540. The number of ether oxygens (including phenoxy) is 5. The van der Waals surface area contributed by atoms with Gasteiger partial charge in [-0.25, -0.2) is 18.6 Å². The molecule has 0 spiro atoms. The van der Waals surface area contributed by atoms with Gasteiger partial charge in [-0.15, -0.1) is 11.3 Å². The van der Waals surface area contributed by atoms with E-state index in [9.17, 15) is 24.3 Å². The molecule has 3 aliphatic heterocycles. The third-order valence-corrected chi connectivity index (χ3v) is 18.2. The van der Waals surface area contributed by atoms with Crippen LogP contribution in [0.5, 0.6) is 11.8 Å². The molecule has 2 aromatic heterocycles. The molecule has 1 saturated carbocycles. The Labute approximate surface area is 517 Å². The number of hydrogen-bond acceptors (Lipinski definition) is 16. The van der Waals surface area contributed by atoms with Crippen LogP contribution < -0.4 is 25.0 Å². The predicted octanol–water partition coefficient (Wildman–Crippen LogP) is 9.82. The number of anilines is 1. The number of β-amino-alcohol motifs (C(OH)–C–C–N with tert-alkyl or cyclic N) is 1. The summed E-state index contributed by atoms with van der Waals surface area (Å²) in [5, 5.41) is 18.1. The van der Waals surface area contributed by atoms with Crippen LogP contribution in [0.1, 0.15) is 105 Å². The van der Waals surface area contributed by atoms with Crippen LogP contribution in [0, 0.1) is 29.4 Å². The van der Waals surface area contributed by atoms with Crippen LogP contribution in [-0.2, 0) is 35.1 Å². The first-order chi connectivity index (χ1) is 41.8. The van der Waals surface area contributed by atoms with Gasteiger partial charge in [0.15, 0.2) is 12.6 Å². The number of likely N-dealkylation sites (tertiary alicyclic amines) is 1. The van der Waals surface area contributed by atoms with Crippen LogP contribution in [0.15, 0.2) is 72.2 Å². The second kappa shape index (κ2) is 26.1. The molecule has 4 aromatic carbocycles. The number of aliphatic hydroxyl groups excluding tert-OH is 1. The average molecular weight is 1230 g/mol. The zero-order chi connectivity index (χ0) is 62.9. The number of aliphatic hydroxyl groups is 1. The lowest BCUT2D eigenvalue weighted by atomic mass is 9.85. The van der Waals surface area contributed by atoms with E-state index in [0.717, 1.165) is 39.9 Å². The van der Waals surface area contributed by atoms with Gasteiger partial charge in [-0.1, -0.05) is 69.3 Å². The molecule has 3 N–H and O–H groups in total. The molecule has 472 valence electrons. The fraction of sp³-hybridized carbons (Fsp3) is 0.530. The number of fused-ring (bicyclic) bond motifs is 4. The standard InChI is InChI=1S/C66H83F2N9O10S/c1-40-56(88-38-70-40)42-18-16-41(17-19-42)32-69-59(80)51-29-45(78)34-76(51)60(81)57(63(2,3)4)71-52(79)21-27-84-26-13-25-74(9)36-66(23-24-66)37-85-61-72-55-49(58(73-61)75-33-44-20-22-65(8,35-75)77(44)62(82)87-64(5,6)7)31-50(67)53(54(55)68)48-30-46(86-39-83-10)28-43-14-11-12-15-47(43)48/h11-12,14-19,28,30-31,38,44-45,51,57,78H,13,20-27,29,32-37,39H2,1-10H3,(H,69,80)(H,71,79)/t44-,45-,51+,57-,65+/m1/s1. The van der Waals surface area contributed by atoms with Crippen molar-refractivity contribution >= 4 is 62.6 Å². The van der Waals surface area contributed by atoms with E-state index in [0.29, 0.717) is 69.0 Å². The Balaban J connectivity index is 0.752. The zero-order valence-electron chi connectivity index (χ0n) is 52.2. The quantitative estimate of drug-likeness (QED) is 0.0403. The number of benzene rings is 4. The number of methoxy groups -OCH3 is 1. The van der Waals surface area contributed by atoms with Crippen molar-refractivity contribution in [2.45, 2.75) is 142 Å². The SMILES string of the molecule is COCOc1cc(-c2c(F)cc3c(N4C[C@H]5CC[C@@](C)(C4)N5C(=O)OC(C)(C)C)nc(OCC4(CN(C)CCCOCCC(=O)N[C@H](C(=O)N5C[C@H](O)C[C@H]5C(=O)NCc5ccc(-c6scnc6C)cc5)C(C)(C)C)CC4)nc3c2F)c2ccccc2c1. The number of rotatable bonds is 23. The monoisotopic (exact) mass is 1230 g/mol. The van der Waals surface area contributed by atoms with Crippen molar-refractivity contribution < 1.29 is 56.7 Å². The first-order valence-corrected chi connectivity index (χ1v) is 31.3. The van der Waals surface area contributed by atoms with Gasteiger partial charge < -0.3 is 54.1 Å². The molecule has 5 heterocycles. The Morgan fingerprint density at radius 1 is 0.943 bits per heavy atom. The van der Waals surface area contributed by atoms with Crippen molar-refractivity contribution in [3.8, 4) is 33.3 Å². The normalized spacial score (nSPS) is 20.2. The lowest BCUT2D eigenvalue weighted by Crippen LogP contribution is -2.63. The molecule has 2 bridgehead atoms. The van der Waals surface area contributed by atoms with Gasteiger partial charge in [-0.2, -0.15) is 9.97 Å². The second-order valence-corrected chi connectivity index (χ2v) is 27.5. The van der Waals surface area contributed by atoms with Crippen LogP contribution >= 0.6 is 11.3 Å². The number of hydrogen-bond donors (Lipinski definition) is 3. The van der Waals surface area contributed by atoms with Crippen molar-refractivity contribution in [3.63, 3.8) is 0 Å². The molecular weight excluding hydrogens is 1150 g/mol. The lowest BCUT2D eigenvalue weighted by Gasteiger charge is -2.47. The van der Waals surface area contributed by atoms with E-state index in [1.54, 1.807) is 23.5 Å². The molecule has 4 fully saturated rings. The lowest BCUT2D eigenvalue weighted by molar-refractivity contribution is -0.144. The number of nitrogens with one attached hydrogen (secondary N) is 2. The van der Waals surface area contributed by atoms with Gasteiger partial charge in [0, 0.05) is 76.6 Å². The summed E-state index contributed by atoms with van der Waals surface area (Å²) in [4.78, 5) is 77.4. The van der Waals surface area contributed by atoms with Gasteiger partial charge in [0.05, 0.1) is 52.5 Å². The van der Waals surface area contributed by atoms with E-state index < -0.39 is 58.4 Å². The Morgan fingerprint density at radius 2 is 1.70 bits per heavy atom. The topological polar surface area (TPSA) is 210 Å². The number of carbonyl (C=O) groups is 4. The maximum atomic E-state index is 17.6. The summed E-state index contributed by atoms with van der Waals surface area (Å²) in [6.07, 6.45) is 2.65. The van der Waals surface area contributed by atoms with Crippen LogP contribution in [0.2, 0.25) is 0 Å². The minimum atomic E-state index is -0.965.